The zero-order valence-electron chi connectivity index (χ0n) is 17.2. The van der Waals surface area contributed by atoms with Crippen molar-refractivity contribution < 1.29 is 19.1 Å². The molecule has 1 aliphatic heterocycles. The smallest absolute Gasteiger partial charge is 0.255 e. The molecule has 0 bridgehead atoms. The predicted molar refractivity (Wildman–Crippen MR) is 118 cm³/mol. The van der Waals surface area contributed by atoms with E-state index in [9.17, 15) is 9.59 Å². The first-order valence-electron chi connectivity index (χ1n) is 9.99. The molecule has 0 atom stereocenters. The minimum Gasteiger partial charge on any atom is -0.486 e. The number of carbonyl (C=O) groups excluding carboxylic acids is 2. The van der Waals surface area contributed by atoms with Gasteiger partial charge in [0.1, 0.15) is 13.2 Å². The molecule has 160 valence electrons. The minimum absolute atomic E-state index is 0.283. The highest BCUT2D eigenvalue weighted by atomic mass is 16.6. The van der Waals surface area contributed by atoms with Crippen LogP contribution in [0.4, 0.5) is 11.4 Å². The Bertz CT molecular complexity index is 1350. The lowest BCUT2D eigenvalue weighted by Crippen LogP contribution is -2.17. The standard InChI is InChI=1S/C23H19N5O4/c1-14-19(27-23(30)16-5-7-28-18(10-16)4-6-25-28)12-17(13-24-14)26-22(29)15-2-3-20-21(11-15)32-9-8-31-20/h2-7,10-13H,8-9H2,1H3,(H,26,29)(H,27,30). The summed E-state index contributed by atoms with van der Waals surface area (Å²) in [5.74, 6) is 0.544. The second-order valence-corrected chi connectivity index (χ2v) is 7.24. The Balaban J connectivity index is 1.33. The van der Waals surface area contributed by atoms with E-state index in [2.05, 4.69) is 20.7 Å². The van der Waals surface area contributed by atoms with Gasteiger partial charge in [-0.1, -0.05) is 0 Å². The summed E-state index contributed by atoms with van der Waals surface area (Å²) in [6.07, 6.45) is 4.93. The first-order valence-corrected chi connectivity index (χ1v) is 9.99. The van der Waals surface area contributed by atoms with Gasteiger partial charge in [0.2, 0.25) is 0 Å². The maximum absolute atomic E-state index is 12.7. The average molecular weight is 429 g/mol. The topological polar surface area (TPSA) is 107 Å². The number of rotatable bonds is 4. The lowest BCUT2D eigenvalue weighted by molar-refractivity contribution is 0.101. The molecule has 0 unspecified atom stereocenters. The van der Waals surface area contributed by atoms with E-state index >= 15 is 0 Å². The van der Waals surface area contributed by atoms with Crippen molar-refractivity contribution in [3.8, 4) is 11.5 Å². The third-order valence-corrected chi connectivity index (χ3v) is 5.06. The molecule has 0 aliphatic carbocycles. The number of carbonyl (C=O) groups is 2. The number of amides is 2. The molecule has 0 radical (unpaired) electrons. The van der Waals surface area contributed by atoms with Gasteiger partial charge in [0.25, 0.3) is 11.8 Å². The van der Waals surface area contributed by atoms with Crippen LogP contribution < -0.4 is 20.1 Å². The van der Waals surface area contributed by atoms with E-state index in [1.165, 1.54) is 0 Å². The Hall–Kier alpha value is -4.40. The zero-order valence-corrected chi connectivity index (χ0v) is 17.2. The first kappa shape index (κ1) is 19.6. The van der Waals surface area contributed by atoms with Crippen LogP contribution in [-0.2, 0) is 0 Å². The molecular formula is C23H19N5O4. The quantitative estimate of drug-likeness (QED) is 0.515. The summed E-state index contributed by atoms with van der Waals surface area (Å²) in [6.45, 7) is 2.71. The van der Waals surface area contributed by atoms with Gasteiger partial charge in [-0.3, -0.25) is 14.6 Å². The lowest BCUT2D eigenvalue weighted by Gasteiger charge is -2.18. The number of nitrogens with zero attached hydrogens (tertiary/aromatic N) is 3. The van der Waals surface area contributed by atoms with Crippen LogP contribution in [0.5, 0.6) is 11.5 Å². The van der Waals surface area contributed by atoms with Gasteiger partial charge in [-0.25, -0.2) is 4.52 Å². The van der Waals surface area contributed by atoms with Crippen LogP contribution in [0.15, 0.2) is 61.1 Å². The van der Waals surface area contributed by atoms with Crippen LogP contribution in [0.3, 0.4) is 0 Å². The van der Waals surface area contributed by atoms with Crippen LogP contribution in [-0.4, -0.2) is 39.6 Å². The summed E-state index contributed by atoms with van der Waals surface area (Å²) in [4.78, 5) is 29.7. The molecule has 1 aliphatic rings. The van der Waals surface area contributed by atoms with Crippen LogP contribution in [0.25, 0.3) is 5.52 Å². The number of aryl methyl sites for hydroxylation is 1. The Kier molecular flexibility index (Phi) is 4.91. The lowest BCUT2D eigenvalue weighted by atomic mass is 10.1. The van der Waals surface area contributed by atoms with Crippen LogP contribution in [0.1, 0.15) is 26.4 Å². The predicted octanol–water partition coefficient (Wildman–Crippen LogP) is 3.31. The van der Waals surface area contributed by atoms with Crippen molar-refractivity contribution >= 4 is 28.7 Å². The monoisotopic (exact) mass is 429 g/mol. The summed E-state index contributed by atoms with van der Waals surface area (Å²) >= 11 is 0. The van der Waals surface area contributed by atoms with E-state index in [1.54, 1.807) is 66.4 Å². The number of nitrogens with one attached hydrogen (secondary N) is 2. The Morgan fingerprint density at radius 3 is 2.59 bits per heavy atom. The molecule has 0 saturated carbocycles. The molecule has 2 amide bonds. The molecule has 4 aromatic rings. The van der Waals surface area contributed by atoms with Gasteiger partial charge < -0.3 is 20.1 Å². The second kappa shape index (κ2) is 8.03. The third-order valence-electron chi connectivity index (χ3n) is 5.06. The number of ether oxygens (including phenoxy) is 2. The fraction of sp³-hybridized carbons (Fsp3) is 0.130. The summed E-state index contributed by atoms with van der Waals surface area (Å²) in [6, 6.07) is 11.9. The molecule has 0 spiro atoms. The van der Waals surface area contributed by atoms with Crippen molar-refractivity contribution in [2.24, 2.45) is 0 Å². The molecule has 9 nitrogen and oxygen atoms in total. The molecular weight excluding hydrogens is 410 g/mol. The van der Waals surface area contributed by atoms with Crippen molar-refractivity contribution in [3.63, 3.8) is 0 Å². The molecule has 0 saturated heterocycles. The second-order valence-electron chi connectivity index (χ2n) is 7.24. The van der Waals surface area contributed by atoms with E-state index in [-0.39, 0.29) is 11.8 Å². The highest BCUT2D eigenvalue weighted by Crippen LogP contribution is 2.31. The van der Waals surface area contributed by atoms with Crippen molar-refractivity contribution in [1.29, 1.82) is 0 Å². The highest BCUT2D eigenvalue weighted by molar-refractivity contribution is 6.07. The van der Waals surface area contributed by atoms with Gasteiger partial charge in [-0.15, -0.1) is 0 Å². The van der Waals surface area contributed by atoms with Crippen molar-refractivity contribution in [1.82, 2.24) is 14.6 Å². The number of aromatic nitrogens is 3. The molecule has 5 rings (SSSR count). The minimum atomic E-state index is -0.323. The SMILES string of the molecule is Cc1ncc(NC(=O)c2ccc3c(c2)OCCO3)cc1NC(=O)c1ccn2nccc2c1. The van der Waals surface area contributed by atoms with E-state index in [0.717, 1.165) is 5.52 Å². The van der Waals surface area contributed by atoms with Gasteiger partial charge in [0.15, 0.2) is 11.5 Å². The number of hydrogen-bond acceptors (Lipinski definition) is 6. The average Bonchev–Trinajstić information content (AvgIpc) is 3.29. The van der Waals surface area contributed by atoms with Gasteiger partial charge in [-0.2, -0.15) is 5.10 Å². The number of anilines is 2. The molecule has 9 heteroatoms. The Morgan fingerprint density at radius 2 is 1.72 bits per heavy atom. The molecule has 32 heavy (non-hydrogen) atoms. The van der Waals surface area contributed by atoms with E-state index in [4.69, 9.17) is 9.47 Å². The number of hydrogen-bond donors (Lipinski definition) is 2. The third kappa shape index (κ3) is 3.83. The highest BCUT2D eigenvalue weighted by Gasteiger charge is 2.16. The Labute approximate surface area is 183 Å². The van der Waals surface area contributed by atoms with Crippen molar-refractivity contribution in [2.75, 3.05) is 23.8 Å². The number of fused-ring (bicyclic) bond motifs is 2. The fourth-order valence-corrected chi connectivity index (χ4v) is 3.37. The molecule has 3 aromatic heterocycles. The van der Waals surface area contributed by atoms with E-state index < -0.39 is 0 Å². The van der Waals surface area contributed by atoms with Gasteiger partial charge in [0, 0.05) is 23.5 Å². The maximum Gasteiger partial charge on any atom is 0.255 e. The molecule has 4 heterocycles. The van der Waals surface area contributed by atoms with Gasteiger partial charge in [-0.05, 0) is 49.4 Å². The van der Waals surface area contributed by atoms with Crippen LogP contribution in [0, 0.1) is 6.92 Å². The number of pyridine rings is 2. The van der Waals surface area contributed by atoms with E-state index in [0.29, 0.717) is 52.9 Å². The summed E-state index contributed by atoms with van der Waals surface area (Å²) < 4.78 is 12.7. The molecule has 1 aromatic carbocycles. The van der Waals surface area contributed by atoms with Crippen molar-refractivity contribution in [3.05, 3.63) is 77.9 Å². The largest absolute Gasteiger partial charge is 0.486 e. The molecule has 0 fully saturated rings. The number of benzene rings is 1. The first-order chi connectivity index (χ1) is 15.6. The normalized spacial score (nSPS) is 12.4. The summed E-state index contributed by atoms with van der Waals surface area (Å²) in [5.41, 5.74) is 3.31. The van der Waals surface area contributed by atoms with Gasteiger partial charge in [0.05, 0.1) is 28.8 Å². The maximum atomic E-state index is 12.7. The van der Waals surface area contributed by atoms with Crippen LogP contribution in [0.2, 0.25) is 0 Å². The fourth-order valence-electron chi connectivity index (χ4n) is 3.37. The summed E-state index contributed by atoms with van der Waals surface area (Å²) in [7, 11) is 0. The van der Waals surface area contributed by atoms with E-state index in [1.807, 2.05) is 6.07 Å². The van der Waals surface area contributed by atoms with Crippen molar-refractivity contribution in [2.45, 2.75) is 6.92 Å². The van der Waals surface area contributed by atoms with Crippen LogP contribution >= 0.6 is 0 Å². The Morgan fingerprint density at radius 1 is 0.938 bits per heavy atom. The zero-order chi connectivity index (χ0) is 22.1. The van der Waals surface area contributed by atoms with Gasteiger partial charge >= 0.3 is 0 Å². The molecule has 2 N–H and O–H groups in total. The summed E-state index contributed by atoms with van der Waals surface area (Å²) in [5, 5.41) is 9.79.